The SMILES string of the molecule is CCOC(=O)c1cc(CN)ccc1O. The number of esters is 1. The van der Waals surface area contributed by atoms with Crippen molar-refractivity contribution in [1.29, 1.82) is 0 Å². The molecule has 0 aromatic heterocycles. The summed E-state index contributed by atoms with van der Waals surface area (Å²) in [5.41, 5.74) is 6.35. The molecule has 0 unspecified atom stereocenters. The van der Waals surface area contributed by atoms with Crippen LogP contribution in [-0.4, -0.2) is 17.7 Å². The monoisotopic (exact) mass is 195 g/mol. The van der Waals surface area contributed by atoms with Crippen molar-refractivity contribution in [2.75, 3.05) is 6.61 Å². The van der Waals surface area contributed by atoms with E-state index in [0.29, 0.717) is 6.54 Å². The van der Waals surface area contributed by atoms with E-state index in [9.17, 15) is 9.90 Å². The molecule has 76 valence electrons. The Morgan fingerprint density at radius 1 is 1.57 bits per heavy atom. The highest BCUT2D eigenvalue weighted by Crippen LogP contribution is 2.19. The molecule has 1 aromatic carbocycles. The van der Waals surface area contributed by atoms with Gasteiger partial charge in [-0.25, -0.2) is 4.79 Å². The minimum absolute atomic E-state index is 0.0827. The van der Waals surface area contributed by atoms with Crippen LogP contribution < -0.4 is 5.73 Å². The van der Waals surface area contributed by atoms with Crippen LogP contribution in [0.4, 0.5) is 0 Å². The predicted molar refractivity (Wildman–Crippen MR) is 52.0 cm³/mol. The summed E-state index contributed by atoms with van der Waals surface area (Å²) >= 11 is 0. The van der Waals surface area contributed by atoms with Gasteiger partial charge >= 0.3 is 5.97 Å². The summed E-state index contributed by atoms with van der Waals surface area (Å²) in [6, 6.07) is 4.64. The van der Waals surface area contributed by atoms with Gasteiger partial charge in [0.25, 0.3) is 0 Å². The van der Waals surface area contributed by atoms with Crippen LogP contribution in [0, 0.1) is 0 Å². The zero-order valence-electron chi connectivity index (χ0n) is 7.99. The molecular formula is C10H13NO3. The highest BCUT2D eigenvalue weighted by molar-refractivity contribution is 5.92. The van der Waals surface area contributed by atoms with E-state index in [0.717, 1.165) is 5.56 Å². The number of aromatic hydroxyl groups is 1. The molecule has 0 heterocycles. The molecule has 0 atom stereocenters. The maximum Gasteiger partial charge on any atom is 0.341 e. The number of hydrogen-bond acceptors (Lipinski definition) is 4. The highest BCUT2D eigenvalue weighted by Gasteiger charge is 2.12. The Morgan fingerprint density at radius 3 is 2.86 bits per heavy atom. The number of benzene rings is 1. The largest absolute Gasteiger partial charge is 0.507 e. The van der Waals surface area contributed by atoms with Crippen molar-refractivity contribution in [2.45, 2.75) is 13.5 Å². The van der Waals surface area contributed by atoms with Crippen LogP contribution >= 0.6 is 0 Å². The first-order valence-corrected chi connectivity index (χ1v) is 4.38. The highest BCUT2D eigenvalue weighted by atomic mass is 16.5. The van der Waals surface area contributed by atoms with Crippen molar-refractivity contribution in [3.63, 3.8) is 0 Å². The van der Waals surface area contributed by atoms with E-state index < -0.39 is 5.97 Å². The summed E-state index contributed by atoms with van der Waals surface area (Å²) in [5.74, 6) is -0.610. The van der Waals surface area contributed by atoms with E-state index >= 15 is 0 Å². The van der Waals surface area contributed by atoms with Gasteiger partial charge in [-0.05, 0) is 24.6 Å². The number of carbonyl (C=O) groups is 1. The summed E-state index contributed by atoms with van der Waals surface area (Å²) in [6.07, 6.45) is 0. The number of phenols is 1. The Kier molecular flexibility index (Phi) is 3.48. The van der Waals surface area contributed by atoms with Crippen molar-refractivity contribution >= 4 is 5.97 Å². The molecule has 0 aliphatic heterocycles. The van der Waals surface area contributed by atoms with Gasteiger partial charge in [0, 0.05) is 6.54 Å². The quantitative estimate of drug-likeness (QED) is 0.706. The molecule has 0 bridgehead atoms. The van der Waals surface area contributed by atoms with Crippen molar-refractivity contribution in [1.82, 2.24) is 0 Å². The average molecular weight is 195 g/mol. The molecule has 3 N–H and O–H groups in total. The fourth-order valence-corrected chi connectivity index (χ4v) is 1.08. The maximum absolute atomic E-state index is 11.3. The molecule has 4 heteroatoms. The van der Waals surface area contributed by atoms with Crippen LogP contribution in [0.1, 0.15) is 22.8 Å². The third-order valence-corrected chi connectivity index (χ3v) is 1.79. The summed E-state index contributed by atoms with van der Waals surface area (Å²) in [6.45, 7) is 2.32. The van der Waals surface area contributed by atoms with Gasteiger partial charge in [0.1, 0.15) is 11.3 Å². The molecule has 1 aromatic rings. The second kappa shape index (κ2) is 4.62. The van der Waals surface area contributed by atoms with Gasteiger partial charge in [-0.15, -0.1) is 0 Å². The molecule has 0 spiro atoms. The second-order valence-corrected chi connectivity index (χ2v) is 2.78. The first-order valence-electron chi connectivity index (χ1n) is 4.38. The fraction of sp³-hybridized carbons (Fsp3) is 0.300. The van der Waals surface area contributed by atoms with Crippen LogP contribution in [0.15, 0.2) is 18.2 Å². The van der Waals surface area contributed by atoms with Crippen molar-refractivity contribution in [2.24, 2.45) is 5.73 Å². The van der Waals surface area contributed by atoms with E-state index in [1.165, 1.54) is 12.1 Å². The normalized spacial score (nSPS) is 9.86. The topological polar surface area (TPSA) is 72.5 Å². The molecule has 1 rings (SSSR count). The predicted octanol–water partition coefficient (Wildman–Crippen LogP) is 1.03. The number of ether oxygens (including phenoxy) is 1. The standard InChI is InChI=1S/C10H13NO3/c1-2-14-10(13)8-5-7(6-11)3-4-9(8)12/h3-5,12H,2,6,11H2,1H3. The lowest BCUT2D eigenvalue weighted by Crippen LogP contribution is -2.06. The first-order chi connectivity index (χ1) is 6.69. The number of phenolic OH excluding ortho intramolecular Hbond substituents is 1. The summed E-state index contributed by atoms with van der Waals surface area (Å²) in [7, 11) is 0. The lowest BCUT2D eigenvalue weighted by atomic mass is 10.1. The summed E-state index contributed by atoms with van der Waals surface area (Å²) in [4.78, 5) is 11.3. The van der Waals surface area contributed by atoms with Crippen LogP contribution in [-0.2, 0) is 11.3 Å². The Hall–Kier alpha value is -1.55. The van der Waals surface area contributed by atoms with Crippen molar-refractivity contribution < 1.29 is 14.6 Å². The molecule has 0 amide bonds. The van der Waals surface area contributed by atoms with Gasteiger partial charge in [0.15, 0.2) is 0 Å². The van der Waals surface area contributed by atoms with Gasteiger partial charge in [-0.3, -0.25) is 0 Å². The average Bonchev–Trinajstić information content (AvgIpc) is 2.19. The minimum atomic E-state index is -0.528. The number of rotatable bonds is 3. The molecule has 0 aliphatic carbocycles. The Bertz CT molecular complexity index is 336. The molecule has 14 heavy (non-hydrogen) atoms. The molecule has 0 aliphatic rings. The fourth-order valence-electron chi connectivity index (χ4n) is 1.08. The minimum Gasteiger partial charge on any atom is -0.507 e. The van der Waals surface area contributed by atoms with Crippen LogP contribution in [0.2, 0.25) is 0 Å². The number of nitrogens with two attached hydrogens (primary N) is 1. The van der Waals surface area contributed by atoms with E-state index in [1.54, 1.807) is 13.0 Å². The Balaban J connectivity index is 2.99. The summed E-state index contributed by atoms with van der Waals surface area (Å²) in [5, 5.41) is 9.39. The first kappa shape index (κ1) is 10.5. The smallest absolute Gasteiger partial charge is 0.341 e. The van der Waals surface area contributed by atoms with Crippen LogP contribution in [0.25, 0.3) is 0 Å². The zero-order valence-corrected chi connectivity index (χ0v) is 7.99. The van der Waals surface area contributed by atoms with E-state index in [2.05, 4.69) is 0 Å². The van der Waals surface area contributed by atoms with Gasteiger partial charge < -0.3 is 15.6 Å². The lowest BCUT2D eigenvalue weighted by molar-refractivity contribution is 0.0523. The van der Waals surface area contributed by atoms with Crippen LogP contribution in [0.3, 0.4) is 0 Å². The molecule has 0 fully saturated rings. The van der Waals surface area contributed by atoms with Gasteiger partial charge in [0.2, 0.25) is 0 Å². The van der Waals surface area contributed by atoms with E-state index in [4.69, 9.17) is 10.5 Å². The number of carbonyl (C=O) groups excluding carboxylic acids is 1. The molecule has 0 radical (unpaired) electrons. The van der Waals surface area contributed by atoms with E-state index in [-0.39, 0.29) is 17.9 Å². The lowest BCUT2D eigenvalue weighted by Gasteiger charge is -2.05. The summed E-state index contributed by atoms with van der Waals surface area (Å²) < 4.78 is 4.77. The Labute approximate surface area is 82.3 Å². The zero-order chi connectivity index (χ0) is 10.6. The van der Waals surface area contributed by atoms with Gasteiger partial charge in [0.05, 0.1) is 6.61 Å². The Morgan fingerprint density at radius 2 is 2.29 bits per heavy atom. The molecular weight excluding hydrogens is 182 g/mol. The van der Waals surface area contributed by atoms with Gasteiger partial charge in [-0.2, -0.15) is 0 Å². The molecule has 0 saturated heterocycles. The third kappa shape index (κ3) is 2.23. The molecule has 0 saturated carbocycles. The van der Waals surface area contributed by atoms with Crippen molar-refractivity contribution in [3.05, 3.63) is 29.3 Å². The van der Waals surface area contributed by atoms with Crippen LogP contribution in [0.5, 0.6) is 5.75 Å². The van der Waals surface area contributed by atoms with E-state index in [1.807, 2.05) is 0 Å². The maximum atomic E-state index is 11.3. The third-order valence-electron chi connectivity index (χ3n) is 1.79. The second-order valence-electron chi connectivity index (χ2n) is 2.78. The number of hydrogen-bond donors (Lipinski definition) is 2. The molecule has 4 nitrogen and oxygen atoms in total. The van der Waals surface area contributed by atoms with Crippen molar-refractivity contribution in [3.8, 4) is 5.75 Å². The van der Waals surface area contributed by atoms with Gasteiger partial charge in [-0.1, -0.05) is 6.07 Å².